The van der Waals surface area contributed by atoms with Gasteiger partial charge in [0.1, 0.15) is 17.4 Å². The summed E-state index contributed by atoms with van der Waals surface area (Å²) >= 11 is 0. The molecule has 30 heavy (non-hydrogen) atoms. The third-order valence-corrected chi connectivity index (χ3v) is 4.06. The Kier molecular flexibility index (Phi) is 6.82. The highest BCUT2D eigenvalue weighted by Gasteiger charge is 2.11. The molecule has 0 radical (unpaired) electrons. The van der Waals surface area contributed by atoms with E-state index in [1.54, 1.807) is 25.3 Å². The van der Waals surface area contributed by atoms with Gasteiger partial charge in [-0.3, -0.25) is 5.43 Å². The van der Waals surface area contributed by atoms with Crippen LogP contribution in [0.1, 0.15) is 22.4 Å². The molecule has 0 bridgehead atoms. The van der Waals surface area contributed by atoms with E-state index in [-0.39, 0.29) is 5.75 Å². The van der Waals surface area contributed by atoms with Crippen molar-refractivity contribution in [3.8, 4) is 11.8 Å². The minimum Gasteiger partial charge on any atom is -0.507 e. The maximum Gasteiger partial charge on any atom is 0.164 e. The molecule has 0 spiro atoms. The van der Waals surface area contributed by atoms with E-state index in [1.165, 1.54) is 12.3 Å². The molecule has 2 aromatic carbocycles. The number of hydrogen-bond donors (Lipinski definition) is 2. The van der Waals surface area contributed by atoms with Crippen molar-refractivity contribution >= 4 is 23.4 Å². The fourth-order valence-electron chi connectivity index (χ4n) is 2.70. The van der Waals surface area contributed by atoms with E-state index in [2.05, 4.69) is 31.8 Å². The zero-order chi connectivity index (χ0) is 21.3. The molecule has 8 heteroatoms. The van der Waals surface area contributed by atoms with Crippen LogP contribution in [0.25, 0.3) is 0 Å². The second-order valence-corrected chi connectivity index (χ2v) is 6.34. The topological polar surface area (TPSA) is 115 Å². The Morgan fingerprint density at radius 2 is 1.90 bits per heavy atom. The highest BCUT2D eigenvalue weighted by Crippen LogP contribution is 2.24. The molecule has 0 saturated heterocycles. The van der Waals surface area contributed by atoms with Crippen molar-refractivity contribution in [2.75, 3.05) is 12.5 Å². The molecule has 0 fully saturated rings. The largest absolute Gasteiger partial charge is 0.507 e. The number of phenols is 1. The van der Waals surface area contributed by atoms with Crippen molar-refractivity contribution in [2.45, 2.75) is 13.5 Å². The zero-order valence-corrected chi connectivity index (χ0v) is 16.6. The fraction of sp³-hybridized carbons (Fsp3) is 0.136. The average Bonchev–Trinajstić information content (AvgIpc) is 2.75. The van der Waals surface area contributed by atoms with Gasteiger partial charge in [0.2, 0.25) is 0 Å². The quantitative estimate of drug-likeness (QED) is 0.330. The molecule has 0 aliphatic carbocycles. The SMILES string of the molecule is COCc1cc(C)nc(N/N=C\c2cc(N=Nc3ccccc3)ccc2O)c1C#N. The van der Waals surface area contributed by atoms with Gasteiger partial charge in [-0.05, 0) is 43.3 Å². The Balaban J connectivity index is 1.80. The summed E-state index contributed by atoms with van der Waals surface area (Å²) in [6.45, 7) is 2.11. The van der Waals surface area contributed by atoms with E-state index in [0.717, 1.165) is 16.9 Å². The normalized spacial score (nSPS) is 11.1. The Bertz CT molecular complexity index is 1120. The summed E-state index contributed by atoms with van der Waals surface area (Å²) in [4.78, 5) is 4.32. The summed E-state index contributed by atoms with van der Waals surface area (Å²) in [6, 6.07) is 18.1. The molecule has 0 aliphatic heterocycles. The maximum atomic E-state index is 10.1. The summed E-state index contributed by atoms with van der Waals surface area (Å²) in [5.41, 5.74) is 6.30. The smallest absolute Gasteiger partial charge is 0.164 e. The van der Waals surface area contributed by atoms with Crippen LogP contribution in [0, 0.1) is 18.3 Å². The molecular formula is C22H20N6O2. The van der Waals surface area contributed by atoms with E-state index in [4.69, 9.17) is 4.74 Å². The van der Waals surface area contributed by atoms with Gasteiger partial charge in [-0.25, -0.2) is 4.98 Å². The molecule has 1 aromatic heterocycles. The Labute approximate surface area is 174 Å². The molecule has 1 heterocycles. The molecule has 0 amide bonds. The van der Waals surface area contributed by atoms with Gasteiger partial charge in [-0.1, -0.05) is 18.2 Å². The van der Waals surface area contributed by atoms with Crippen LogP contribution >= 0.6 is 0 Å². The first-order valence-corrected chi connectivity index (χ1v) is 9.09. The number of methoxy groups -OCH3 is 1. The van der Waals surface area contributed by atoms with Crippen molar-refractivity contribution in [1.82, 2.24) is 4.98 Å². The number of hydrazone groups is 1. The molecule has 150 valence electrons. The van der Waals surface area contributed by atoms with E-state index in [1.807, 2.05) is 37.3 Å². The number of aromatic nitrogens is 1. The minimum atomic E-state index is 0.0389. The highest BCUT2D eigenvalue weighted by molar-refractivity contribution is 5.85. The molecule has 3 aromatic rings. The Morgan fingerprint density at radius 3 is 2.63 bits per heavy atom. The highest BCUT2D eigenvalue weighted by atomic mass is 16.5. The second-order valence-electron chi connectivity index (χ2n) is 6.34. The lowest BCUT2D eigenvalue weighted by Crippen LogP contribution is -2.03. The number of hydrogen-bond acceptors (Lipinski definition) is 8. The summed E-state index contributed by atoms with van der Waals surface area (Å²) in [5.74, 6) is 0.359. The number of aryl methyl sites for hydroxylation is 1. The number of anilines is 1. The number of nitrogens with one attached hydrogen (secondary N) is 1. The van der Waals surface area contributed by atoms with Crippen LogP contribution in [-0.4, -0.2) is 23.4 Å². The maximum absolute atomic E-state index is 10.1. The fourth-order valence-corrected chi connectivity index (χ4v) is 2.70. The number of nitriles is 1. The van der Waals surface area contributed by atoms with Crippen LogP contribution in [0.4, 0.5) is 17.2 Å². The van der Waals surface area contributed by atoms with Gasteiger partial charge in [-0.15, -0.1) is 0 Å². The van der Waals surface area contributed by atoms with Crippen molar-refractivity contribution in [2.24, 2.45) is 15.3 Å². The van der Waals surface area contributed by atoms with E-state index >= 15 is 0 Å². The Morgan fingerprint density at radius 1 is 1.13 bits per heavy atom. The van der Waals surface area contributed by atoms with Crippen molar-refractivity contribution in [3.05, 3.63) is 77.0 Å². The van der Waals surface area contributed by atoms with Gasteiger partial charge in [0.05, 0.1) is 24.2 Å². The van der Waals surface area contributed by atoms with Crippen LogP contribution in [0.3, 0.4) is 0 Å². The number of aromatic hydroxyl groups is 1. The third kappa shape index (κ3) is 5.25. The monoisotopic (exact) mass is 400 g/mol. The summed E-state index contributed by atoms with van der Waals surface area (Å²) in [7, 11) is 1.56. The number of benzene rings is 2. The molecule has 0 unspecified atom stereocenters. The number of rotatable bonds is 7. The predicted molar refractivity (Wildman–Crippen MR) is 114 cm³/mol. The van der Waals surface area contributed by atoms with E-state index < -0.39 is 0 Å². The first kappa shape index (κ1) is 20.6. The van der Waals surface area contributed by atoms with Gasteiger partial charge in [-0.2, -0.15) is 20.6 Å². The summed E-state index contributed by atoms with van der Waals surface area (Å²) in [6.07, 6.45) is 1.43. The molecule has 3 rings (SSSR count). The van der Waals surface area contributed by atoms with Crippen molar-refractivity contribution < 1.29 is 9.84 Å². The van der Waals surface area contributed by atoms with Crippen molar-refractivity contribution in [1.29, 1.82) is 5.26 Å². The van der Waals surface area contributed by atoms with Crippen LogP contribution in [-0.2, 0) is 11.3 Å². The standard InChI is InChI=1S/C22H20N6O2/c1-15-10-17(14-30-2)20(12-23)22(25-15)28-24-13-16-11-19(8-9-21(16)29)27-26-18-6-4-3-5-7-18/h3-11,13,29H,14H2,1-2H3,(H,25,28)/b24-13-,27-26?. The number of ether oxygens (including phenoxy) is 1. The Hall–Kier alpha value is -4.09. The molecule has 8 nitrogen and oxygen atoms in total. The summed E-state index contributed by atoms with van der Waals surface area (Å²) < 4.78 is 5.14. The lowest BCUT2D eigenvalue weighted by atomic mass is 10.1. The van der Waals surface area contributed by atoms with Crippen molar-refractivity contribution in [3.63, 3.8) is 0 Å². The molecule has 0 saturated carbocycles. The molecule has 0 atom stereocenters. The first-order valence-electron chi connectivity index (χ1n) is 9.09. The first-order chi connectivity index (χ1) is 14.6. The van der Waals surface area contributed by atoms with E-state index in [9.17, 15) is 10.4 Å². The van der Waals surface area contributed by atoms with Gasteiger partial charge in [0, 0.05) is 23.9 Å². The predicted octanol–water partition coefficient (Wildman–Crippen LogP) is 4.98. The number of nitrogens with zero attached hydrogens (tertiary/aromatic N) is 5. The van der Waals surface area contributed by atoms with Crippen LogP contribution in [0.15, 0.2) is 69.9 Å². The van der Waals surface area contributed by atoms with Crippen LogP contribution in [0.2, 0.25) is 0 Å². The van der Waals surface area contributed by atoms with Gasteiger partial charge >= 0.3 is 0 Å². The van der Waals surface area contributed by atoms with Crippen LogP contribution in [0.5, 0.6) is 5.75 Å². The number of phenolic OH excluding ortho intramolecular Hbond substituents is 1. The number of azo groups is 1. The van der Waals surface area contributed by atoms with E-state index in [0.29, 0.717) is 29.2 Å². The van der Waals surface area contributed by atoms with Gasteiger partial charge < -0.3 is 9.84 Å². The lowest BCUT2D eigenvalue weighted by Gasteiger charge is -2.09. The zero-order valence-electron chi connectivity index (χ0n) is 16.6. The molecule has 2 N–H and O–H groups in total. The second kappa shape index (κ2) is 9.91. The number of pyridine rings is 1. The third-order valence-electron chi connectivity index (χ3n) is 4.06. The van der Waals surface area contributed by atoms with Crippen LogP contribution < -0.4 is 5.43 Å². The lowest BCUT2D eigenvalue weighted by molar-refractivity contribution is 0.184. The molecule has 0 aliphatic rings. The van der Waals surface area contributed by atoms with Gasteiger partial charge in [0.15, 0.2) is 5.82 Å². The summed E-state index contributed by atoms with van der Waals surface area (Å²) in [5, 5.41) is 32.0. The average molecular weight is 400 g/mol. The minimum absolute atomic E-state index is 0.0389. The molecular weight excluding hydrogens is 380 g/mol. The van der Waals surface area contributed by atoms with Gasteiger partial charge in [0.25, 0.3) is 0 Å².